The average Bonchev–Trinajstić information content (AvgIpc) is 2.86. The zero-order valence-corrected chi connectivity index (χ0v) is 24.7. The van der Waals surface area contributed by atoms with Crippen molar-refractivity contribution in [2.24, 2.45) is 0 Å². The topological polar surface area (TPSA) is 90.9 Å². The van der Waals surface area contributed by atoms with Gasteiger partial charge < -0.3 is 37.9 Å². The Balaban J connectivity index is 3.18. The highest BCUT2D eigenvalue weighted by Gasteiger charge is 2.15. The van der Waals surface area contributed by atoms with E-state index in [4.69, 9.17) is 37.9 Å². The predicted octanol–water partition coefficient (Wildman–Crippen LogP) is 4.75. The molecule has 0 saturated carbocycles. The molecule has 0 aliphatic carbocycles. The minimum absolute atomic E-state index is 0.0722. The molecule has 0 spiro atoms. The molecule has 0 fully saturated rings. The number of carbonyl (C=O) groups excluding carboxylic acids is 1. The van der Waals surface area contributed by atoms with Crippen LogP contribution in [-0.2, 0) is 42.7 Å². The van der Waals surface area contributed by atoms with Gasteiger partial charge in [0.1, 0.15) is 12.2 Å². The second-order valence-electron chi connectivity index (χ2n) is 10.0. The number of allylic oxidation sites excluding steroid dienone is 1. The largest absolute Gasteiger partial charge is 0.458 e. The number of hydrogen-bond acceptors (Lipinski definition) is 9. The van der Waals surface area contributed by atoms with Crippen molar-refractivity contribution in [3.8, 4) is 0 Å². The minimum Gasteiger partial charge on any atom is -0.458 e. The Bertz CT molecular complexity index is 523. The third-order valence-electron chi connectivity index (χ3n) is 5.15. The second kappa shape index (κ2) is 27.5. The normalized spacial score (nSPS) is 12.5. The summed E-state index contributed by atoms with van der Waals surface area (Å²) in [6.45, 7) is 17.3. The monoisotopic (exact) mass is 548 g/mol. The molecule has 0 radical (unpaired) electrons. The van der Waals surface area contributed by atoms with Crippen molar-refractivity contribution < 1.29 is 42.7 Å². The van der Waals surface area contributed by atoms with Crippen LogP contribution in [0.25, 0.3) is 0 Å². The maximum absolute atomic E-state index is 11.5. The molecule has 0 amide bonds. The summed E-state index contributed by atoms with van der Waals surface area (Å²) in [5.41, 5.74) is -0.501. The van der Waals surface area contributed by atoms with Crippen LogP contribution in [0.3, 0.4) is 0 Å². The van der Waals surface area contributed by atoms with E-state index in [1.165, 1.54) is 32.1 Å². The molecule has 0 aromatic heterocycles. The Kier molecular flexibility index (Phi) is 26.7. The molecule has 0 aliphatic heterocycles. The molecule has 38 heavy (non-hydrogen) atoms. The number of hydrogen-bond donors (Lipinski definition) is 0. The summed E-state index contributed by atoms with van der Waals surface area (Å²) in [5, 5.41) is 0. The molecule has 0 rings (SSSR count). The summed E-state index contributed by atoms with van der Waals surface area (Å²) in [7, 11) is 0. The molecule has 1 atom stereocenters. The van der Waals surface area contributed by atoms with Crippen molar-refractivity contribution in [3.05, 3.63) is 12.7 Å². The summed E-state index contributed by atoms with van der Waals surface area (Å²) in [5.74, 6) is -0.377. The van der Waals surface area contributed by atoms with Gasteiger partial charge in [0.2, 0.25) is 0 Å². The van der Waals surface area contributed by atoms with Crippen LogP contribution in [0.4, 0.5) is 0 Å². The first kappa shape index (κ1) is 36.9. The zero-order valence-electron chi connectivity index (χ0n) is 24.7. The van der Waals surface area contributed by atoms with Gasteiger partial charge in [-0.15, -0.1) is 6.58 Å². The lowest BCUT2D eigenvalue weighted by Crippen LogP contribution is -2.27. The predicted molar refractivity (Wildman–Crippen MR) is 149 cm³/mol. The van der Waals surface area contributed by atoms with E-state index in [1.54, 1.807) is 0 Å². The maximum atomic E-state index is 11.5. The van der Waals surface area contributed by atoms with Gasteiger partial charge in [-0.25, -0.2) is 4.79 Å². The summed E-state index contributed by atoms with van der Waals surface area (Å²) < 4.78 is 43.5. The molecule has 0 aliphatic rings. The Hall–Kier alpha value is -1.07. The van der Waals surface area contributed by atoms with Crippen molar-refractivity contribution in [1.29, 1.82) is 0 Å². The standard InChI is InChI=1S/C29H56O9/c1-6-7-8-9-10-11-12-13-27(2)37-25-24-35-21-20-33-17-16-31-14-15-32-18-19-34-22-23-36-26-28(30)38-29(3,4)5/h6,27H,1,7-26H2,2-5H3. The number of carbonyl (C=O) groups is 1. The average molecular weight is 549 g/mol. The van der Waals surface area contributed by atoms with Gasteiger partial charge in [-0.2, -0.15) is 0 Å². The lowest BCUT2D eigenvalue weighted by Gasteiger charge is -2.19. The number of ether oxygens (including phenoxy) is 8. The van der Waals surface area contributed by atoms with Crippen LogP contribution in [-0.4, -0.2) is 104 Å². The van der Waals surface area contributed by atoms with Crippen molar-refractivity contribution in [1.82, 2.24) is 0 Å². The van der Waals surface area contributed by atoms with Crippen molar-refractivity contribution in [2.75, 3.05) is 85.9 Å². The Morgan fingerprint density at radius 3 is 1.55 bits per heavy atom. The highest BCUT2D eigenvalue weighted by atomic mass is 16.6. The van der Waals surface area contributed by atoms with Crippen LogP contribution in [0.1, 0.15) is 72.6 Å². The van der Waals surface area contributed by atoms with Crippen molar-refractivity contribution in [3.63, 3.8) is 0 Å². The lowest BCUT2D eigenvalue weighted by molar-refractivity contribution is -0.160. The first-order chi connectivity index (χ1) is 18.3. The van der Waals surface area contributed by atoms with E-state index in [0.717, 1.165) is 12.8 Å². The fraction of sp³-hybridized carbons (Fsp3) is 0.897. The van der Waals surface area contributed by atoms with E-state index < -0.39 is 5.60 Å². The summed E-state index contributed by atoms with van der Waals surface area (Å²) in [4.78, 5) is 11.5. The molecule has 9 nitrogen and oxygen atoms in total. The Morgan fingerprint density at radius 2 is 1.08 bits per heavy atom. The van der Waals surface area contributed by atoms with Gasteiger partial charge in [0.05, 0.1) is 85.4 Å². The van der Waals surface area contributed by atoms with E-state index in [1.807, 2.05) is 26.8 Å². The maximum Gasteiger partial charge on any atom is 0.332 e. The first-order valence-corrected chi connectivity index (χ1v) is 14.3. The molecule has 0 heterocycles. The van der Waals surface area contributed by atoms with Crippen LogP contribution in [0, 0.1) is 0 Å². The molecular formula is C29H56O9. The van der Waals surface area contributed by atoms with Crippen LogP contribution < -0.4 is 0 Å². The van der Waals surface area contributed by atoms with Crippen LogP contribution in [0.15, 0.2) is 12.7 Å². The van der Waals surface area contributed by atoms with Crippen LogP contribution in [0.2, 0.25) is 0 Å². The first-order valence-electron chi connectivity index (χ1n) is 14.3. The number of unbranched alkanes of at least 4 members (excludes halogenated alkanes) is 5. The third-order valence-corrected chi connectivity index (χ3v) is 5.15. The van der Waals surface area contributed by atoms with Crippen molar-refractivity contribution >= 4 is 5.97 Å². The molecule has 1 unspecified atom stereocenters. The molecule has 0 aromatic rings. The fourth-order valence-electron chi connectivity index (χ4n) is 3.27. The second-order valence-corrected chi connectivity index (χ2v) is 10.0. The van der Waals surface area contributed by atoms with Gasteiger partial charge in [0.25, 0.3) is 0 Å². The smallest absolute Gasteiger partial charge is 0.332 e. The van der Waals surface area contributed by atoms with E-state index in [0.29, 0.717) is 79.3 Å². The van der Waals surface area contributed by atoms with Gasteiger partial charge >= 0.3 is 5.97 Å². The molecule has 0 aromatic carbocycles. The van der Waals surface area contributed by atoms with Gasteiger partial charge in [-0.3, -0.25) is 0 Å². The molecule has 226 valence electrons. The molecule has 0 bridgehead atoms. The van der Waals surface area contributed by atoms with Gasteiger partial charge in [0, 0.05) is 0 Å². The highest BCUT2D eigenvalue weighted by Crippen LogP contribution is 2.10. The molecule has 0 N–H and O–H groups in total. The molecular weight excluding hydrogens is 492 g/mol. The van der Waals surface area contributed by atoms with Gasteiger partial charge in [-0.1, -0.05) is 31.8 Å². The summed E-state index contributed by atoms with van der Waals surface area (Å²) in [6, 6.07) is 0. The summed E-state index contributed by atoms with van der Waals surface area (Å²) in [6.07, 6.45) is 10.9. The van der Waals surface area contributed by atoms with E-state index >= 15 is 0 Å². The SMILES string of the molecule is C=CCCCCCCCC(C)OCCOCCOCCOCCOCCOCCOCC(=O)OC(C)(C)C. The Morgan fingerprint density at radius 1 is 0.658 bits per heavy atom. The van der Waals surface area contributed by atoms with E-state index in [2.05, 4.69) is 13.5 Å². The van der Waals surface area contributed by atoms with Crippen molar-refractivity contribution in [2.45, 2.75) is 84.3 Å². The number of rotatable bonds is 29. The lowest BCUT2D eigenvalue weighted by atomic mass is 10.1. The molecule has 9 heteroatoms. The fourth-order valence-corrected chi connectivity index (χ4v) is 3.27. The van der Waals surface area contributed by atoms with E-state index in [9.17, 15) is 4.79 Å². The quantitative estimate of drug-likeness (QED) is 0.0746. The van der Waals surface area contributed by atoms with Gasteiger partial charge in [-0.05, 0) is 47.0 Å². The zero-order chi connectivity index (χ0) is 28.2. The minimum atomic E-state index is -0.501. The van der Waals surface area contributed by atoms with Gasteiger partial charge in [0.15, 0.2) is 0 Å². The van der Waals surface area contributed by atoms with Crippen LogP contribution in [0.5, 0.6) is 0 Å². The van der Waals surface area contributed by atoms with Crippen LogP contribution >= 0.6 is 0 Å². The Labute approximate surface area is 231 Å². The summed E-state index contributed by atoms with van der Waals surface area (Å²) >= 11 is 0. The third kappa shape index (κ3) is 31.1. The molecule has 0 saturated heterocycles. The highest BCUT2D eigenvalue weighted by molar-refractivity contribution is 5.71. The van der Waals surface area contributed by atoms with E-state index in [-0.39, 0.29) is 18.7 Å². The number of esters is 1.